The average molecular weight is 394 g/mol. The average Bonchev–Trinajstić information content (AvgIpc) is 2.69. The molecule has 0 fully saturated rings. The number of sulfone groups is 1. The van der Waals surface area contributed by atoms with Crippen molar-refractivity contribution < 1.29 is 13.2 Å². The van der Waals surface area contributed by atoms with Gasteiger partial charge in [0.2, 0.25) is 9.84 Å². The molecular formula is C20H18N4O3S. The number of urea groups is 1. The monoisotopic (exact) mass is 394 g/mol. The molecule has 0 saturated heterocycles. The number of hydrogen-bond acceptors (Lipinski definition) is 4. The first kappa shape index (κ1) is 19.1. The highest BCUT2D eigenvalue weighted by Crippen LogP contribution is 2.23. The molecule has 28 heavy (non-hydrogen) atoms. The first-order valence-corrected chi connectivity index (χ1v) is 9.77. The number of benzene rings is 3. The van der Waals surface area contributed by atoms with E-state index in [1.807, 2.05) is 0 Å². The molecule has 5 N–H and O–H groups in total. The molecule has 0 saturated carbocycles. The van der Waals surface area contributed by atoms with Crippen molar-refractivity contribution in [2.75, 3.05) is 10.6 Å². The second kappa shape index (κ2) is 7.93. The smallest absolute Gasteiger partial charge is 0.323 e. The highest BCUT2D eigenvalue weighted by molar-refractivity contribution is 7.91. The Hall–Kier alpha value is -3.65. The molecule has 3 aromatic carbocycles. The summed E-state index contributed by atoms with van der Waals surface area (Å²) in [6.07, 6.45) is 0. The molecule has 0 aliphatic heterocycles. The number of amidine groups is 1. The van der Waals surface area contributed by atoms with Crippen LogP contribution >= 0.6 is 0 Å². The van der Waals surface area contributed by atoms with Crippen LogP contribution in [0.2, 0.25) is 0 Å². The molecule has 3 rings (SSSR count). The number of anilines is 2. The summed E-state index contributed by atoms with van der Waals surface area (Å²) >= 11 is 0. The number of nitrogen functional groups attached to an aromatic ring is 1. The number of hydrogen-bond donors (Lipinski definition) is 4. The van der Waals surface area contributed by atoms with Gasteiger partial charge in [0.1, 0.15) is 5.84 Å². The zero-order chi connectivity index (χ0) is 20.1. The lowest BCUT2D eigenvalue weighted by atomic mass is 10.2. The second-order valence-corrected chi connectivity index (χ2v) is 7.87. The molecule has 0 atom stereocenters. The number of amides is 2. The molecule has 0 radical (unpaired) electrons. The maximum atomic E-state index is 12.7. The Bertz CT molecular complexity index is 1130. The van der Waals surface area contributed by atoms with Crippen molar-refractivity contribution in [3.05, 3.63) is 84.4 Å². The summed E-state index contributed by atoms with van der Waals surface area (Å²) in [5, 5.41) is 12.7. The van der Waals surface area contributed by atoms with Crippen LogP contribution in [0.4, 0.5) is 16.2 Å². The Kier molecular flexibility index (Phi) is 5.42. The highest BCUT2D eigenvalue weighted by atomic mass is 32.2. The van der Waals surface area contributed by atoms with Crippen molar-refractivity contribution in [2.24, 2.45) is 5.73 Å². The van der Waals surface area contributed by atoms with E-state index in [0.717, 1.165) is 0 Å². The molecule has 8 heteroatoms. The lowest BCUT2D eigenvalue weighted by Gasteiger charge is -2.10. The minimum Gasteiger partial charge on any atom is -0.384 e. The van der Waals surface area contributed by atoms with Crippen molar-refractivity contribution in [1.82, 2.24) is 0 Å². The largest absolute Gasteiger partial charge is 0.384 e. The third-order valence-electron chi connectivity index (χ3n) is 3.89. The summed E-state index contributed by atoms with van der Waals surface area (Å²) in [5.41, 5.74) is 6.71. The Balaban J connectivity index is 1.77. The van der Waals surface area contributed by atoms with Gasteiger partial charge in [-0.05, 0) is 42.5 Å². The molecule has 0 bridgehead atoms. The fourth-order valence-corrected chi connectivity index (χ4v) is 3.86. The molecule has 142 valence electrons. The zero-order valence-electron chi connectivity index (χ0n) is 14.7. The van der Waals surface area contributed by atoms with Gasteiger partial charge in [-0.1, -0.05) is 36.4 Å². The van der Waals surface area contributed by atoms with Crippen molar-refractivity contribution >= 4 is 33.1 Å². The van der Waals surface area contributed by atoms with Crippen LogP contribution in [0, 0.1) is 5.41 Å². The Morgan fingerprint density at radius 3 is 2.00 bits per heavy atom. The fraction of sp³-hybridized carbons (Fsp3) is 0. The number of nitrogens with two attached hydrogens (primary N) is 1. The van der Waals surface area contributed by atoms with Gasteiger partial charge in [0, 0.05) is 16.9 Å². The quantitative estimate of drug-likeness (QED) is 0.391. The van der Waals surface area contributed by atoms with Gasteiger partial charge in [0.15, 0.2) is 0 Å². The van der Waals surface area contributed by atoms with Crippen molar-refractivity contribution in [3.63, 3.8) is 0 Å². The van der Waals surface area contributed by atoms with Crippen LogP contribution in [0.5, 0.6) is 0 Å². The fourth-order valence-electron chi connectivity index (χ4n) is 2.53. The Labute approximate surface area is 162 Å². The molecule has 3 aromatic rings. The molecule has 0 aliphatic carbocycles. The van der Waals surface area contributed by atoms with Gasteiger partial charge in [-0.3, -0.25) is 5.41 Å². The van der Waals surface area contributed by atoms with Gasteiger partial charge >= 0.3 is 6.03 Å². The number of rotatable bonds is 5. The van der Waals surface area contributed by atoms with Crippen LogP contribution in [0.15, 0.2) is 88.7 Å². The predicted molar refractivity (Wildman–Crippen MR) is 108 cm³/mol. The molecule has 0 aromatic heterocycles. The maximum absolute atomic E-state index is 12.7. The van der Waals surface area contributed by atoms with Crippen molar-refractivity contribution in [3.8, 4) is 0 Å². The van der Waals surface area contributed by atoms with Gasteiger partial charge in [-0.2, -0.15) is 0 Å². The summed E-state index contributed by atoms with van der Waals surface area (Å²) in [6.45, 7) is 0. The zero-order valence-corrected chi connectivity index (χ0v) is 15.5. The van der Waals surface area contributed by atoms with Crippen LogP contribution in [0.1, 0.15) is 5.56 Å². The van der Waals surface area contributed by atoms with E-state index in [1.54, 1.807) is 54.6 Å². The summed E-state index contributed by atoms with van der Waals surface area (Å²) in [5.74, 6) is -0.108. The van der Waals surface area contributed by atoms with Gasteiger partial charge in [-0.25, -0.2) is 13.2 Å². The Morgan fingerprint density at radius 2 is 1.36 bits per heavy atom. The van der Waals surface area contributed by atoms with Gasteiger partial charge in [-0.15, -0.1) is 0 Å². The van der Waals surface area contributed by atoms with E-state index in [1.165, 1.54) is 24.3 Å². The van der Waals surface area contributed by atoms with E-state index in [4.69, 9.17) is 11.1 Å². The van der Waals surface area contributed by atoms with E-state index in [2.05, 4.69) is 10.6 Å². The summed E-state index contributed by atoms with van der Waals surface area (Å²) < 4.78 is 25.4. The van der Waals surface area contributed by atoms with Crippen LogP contribution in [-0.2, 0) is 9.84 Å². The minimum absolute atomic E-state index is 0.0788. The third kappa shape index (κ3) is 4.36. The standard InChI is InChI=1S/C20H18N4O3S/c21-19(22)14-6-4-7-15(12-14)23-20(25)24-16-8-5-11-18(13-16)28(26,27)17-9-2-1-3-10-17/h1-13H,(H3,21,22)(H2,23,24,25). The normalized spacial score (nSPS) is 10.9. The summed E-state index contributed by atoms with van der Waals surface area (Å²) in [7, 11) is -3.68. The van der Waals surface area contributed by atoms with Crippen LogP contribution < -0.4 is 16.4 Å². The molecule has 0 unspecified atom stereocenters. The van der Waals surface area contributed by atoms with Crippen LogP contribution in [-0.4, -0.2) is 20.3 Å². The van der Waals surface area contributed by atoms with Gasteiger partial charge in [0.25, 0.3) is 0 Å². The topological polar surface area (TPSA) is 125 Å². The van der Waals surface area contributed by atoms with Gasteiger partial charge in [0.05, 0.1) is 9.79 Å². The minimum atomic E-state index is -3.68. The predicted octanol–water partition coefficient (Wildman–Crippen LogP) is 3.45. The maximum Gasteiger partial charge on any atom is 0.323 e. The molecule has 7 nitrogen and oxygen atoms in total. The lowest BCUT2D eigenvalue weighted by molar-refractivity contribution is 0.262. The molecule has 0 heterocycles. The Morgan fingerprint density at radius 1 is 0.786 bits per heavy atom. The van der Waals surface area contributed by atoms with Crippen LogP contribution in [0.25, 0.3) is 0 Å². The van der Waals surface area contributed by atoms with E-state index in [0.29, 0.717) is 16.9 Å². The number of nitrogens with one attached hydrogen (secondary N) is 3. The summed E-state index contributed by atoms with van der Waals surface area (Å²) in [6, 6.07) is 20.1. The van der Waals surface area contributed by atoms with Crippen LogP contribution in [0.3, 0.4) is 0 Å². The van der Waals surface area contributed by atoms with E-state index >= 15 is 0 Å². The van der Waals surface area contributed by atoms with Crippen molar-refractivity contribution in [2.45, 2.75) is 9.79 Å². The summed E-state index contributed by atoms with van der Waals surface area (Å²) in [4.78, 5) is 12.5. The lowest BCUT2D eigenvalue weighted by Crippen LogP contribution is -2.20. The molecule has 2 amide bonds. The molecule has 0 spiro atoms. The first-order valence-electron chi connectivity index (χ1n) is 8.29. The van der Waals surface area contributed by atoms with E-state index in [-0.39, 0.29) is 15.6 Å². The van der Waals surface area contributed by atoms with Gasteiger partial charge < -0.3 is 16.4 Å². The SMILES string of the molecule is N=C(N)c1cccc(NC(=O)Nc2cccc(S(=O)(=O)c3ccccc3)c2)c1. The molecule has 0 aliphatic rings. The van der Waals surface area contributed by atoms with E-state index in [9.17, 15) is 13.2 Å². The highest BCUT2D eigenvalue weighted by Gasteiger charge is 2.17. The first-order chi connectivity index (χ1) is 13.4. The number of carbonyl (C=O) groups excluding carboxylic acids is 1. The second-order valence-electron chi connectivity index (χ2n) is 5.92. The molecular weight excluding hydrogens is 376 g/mol. The van der Waals surface area contributed by atoms with E-state index < -0.39 is 15.9 Å². The number of carbonyl (C=O) groups is 1. The van der Waals surface area contributed by atoms with Crippen molar-refractivity contribution in [1.29, 1.82) is 5.41 Å². The third-order valence-corrected chi connectivity index (χ3v) is 5.65.